The summed E-state index contributed by atoms with van der Waals surface area (Å²) in [5.74, 6) is 0.337. The fraction of sp³-hybridized carbons (Fsp3) is 0.364. The molecule has 0 bridgehead atoms. The fourth-order valence-corrected chi connectivity index (χ4v) is 2.13. The lowest BCUT2D eigenvalue weighted by atomic mass is 9.92. The van der Waals surface area contributed by atoms with Crippen LogP contribution in [0.3, 0.4) is 0 Å². The summed E-state index contributed by atoms with van der Waals surface area (Å²) in [5, 5.41) is 0. The summed E-state index contributed by atoms with van der Waals surface area (Å²) in [4.78, 5) is 4.22. The van der Waals surface area contributed by atoms with E-state index >= 15 is 0 Å². The van der Waals surface area contributed by atoms with Crippen molar-refractivity contribution in [2.75, 3.05) is 19.9 Å². The van der Waals surface area contributed by atoms with Gasteiger partial charge in [0.05, 0.1) is 6.61 Å². The predicted octanol–water partition coefficient (Wildman–Crippen LogP) is 2.00. The highest BCUT2D eigenvalue weighted by Crippen LogP contribution is 2.31. The summed E-state index contributed by atoms with van der Waals surface area (Å²) >= 11 is 3.35. The van der Waals surface area contributed by atoms with Crippen molar-refractivity contribution >= 4 is 21.8 Å². The summed E-state index contributed by atoms with van der Waals surface area (Å²) in [6, 6.07) is 7.39. The number of halogens is 2. The molecule has 2 rings (SSSR count). The van der Waals surface area contributed by atoms with Gasteiger partial charge in [-0.05, 0) is 17.7 Å². The molecular formula is C11H12BrFN2O. The molecule has 16 heavy (non-hydrogen) atoms. The summed E-state index contributed by atoms with van der Waals surface area (Å²) in [6.45, 7) is -0.124. The Balaban J connectivity index is 2.45. The van der Waals surface area contributed by atoms with E-state index in [1.54, 1.807) is 0 Å². The maximum atomic E-state index is 13.3. The number of benzene rings is 1. The first-order valence-electron chi connectivity index (χ1n) is 4.90. The Hall–Kier alpha value is -0.940. The van der Waals surface area contributed by atoms with Gasteiger partial charge in [0, 0.05) is 4.47 Å². The molecule has 1 aliphatic heterocycles. The Kier molecular flexibility index (Phi) is 3.25. The van der Waals surface area contributed by atoms with Crippen LogP contribution in [0.15, 0.2) is 33.7 Å². The number of rotatable bonds is 2. The van der Waals surface area contributed by atoms with Crippen LogP contribution in [-0.2, 0) is 10.3 Å². The zero-order chi connectivity index (χ0) is 11.6. The predicted molar refractivity (Wildman–Crippen MR) is 64.2 cm³/mol. The minimum atomic E-state index is -0.980. The van der Waals surface area contributed by atoms with E-state index in [2.05, 4.69) is 20.9 Å². The van der Waals surface area contributed by atoms with Crippen molar-refractivity contribution in [1.29, 1.82) is 0 Å². The molecule has 86 valence electrons. The molecule has 0 amide bonds. The van der Waals surface area contributed by atoms with Gasteiger partial charge < -0.3 is 10.5 Å². The third-order valence-corrected chi connectivity index (χ3v) is 3.02. The molecule has 0 spiro atoms. The van der Waals surface area contributed by atoms with Gasteiger partial charge in [0.15, 0.2) is 0 Å². The first kappa shape index (κ1) is 11.5. The minimum absolute atomic E-state index is 0.223. The second-order valence-electron chi connectivity index (χ2n) is 3.77. The Labute approximate surface area is 102 Å². The van der Waals surface area contributed by atoms with Crippen LogP contribution in [-0.4, -0.2) is 25.7 Å². The molecule has 0 radical (unpaired) electrons. The number of amidine groups is 1. The lowest BCUT2D eigenvalue weighted by Gasteiger charge is -2.31. The quantitative estimate of drug-likeness (QED) is 0.904. The van der Waals surface area contributed by atoms with Gasteiger partial charge in [-0.1, -0.05) is 28.1 Å². The number of hydrogen-bond donors (Lipinski definition) is 1. The highest BCUT2D eigenvalue weighted by Gasteiger charge is 2.35. The van der Waals surface area contributed by atoms with Crippen molar-refractivity contribution in [3.63, 3.8) is 0 Å². The van der Waals surface area contributed by atoms with Gasteiger partial charge in [-0.2, -0.15) is 0 Å². The number of nitrogens with zero attached hydrogens (tertiary/aromatic N) is 1. The van der Waals surface area contributed by atoms with Gasteiger partial charge in [-0.25, -0.2) is 4.39 Å². The average Bonchev–Trinajstić information content (AvgIpc) is 2.29. The number of alkyl halides is 1. The highest BCUT2D eigenvalue weighted by molar-refractivity contribution is 9.10. The molecule has 0 saturated carbocycles. The second kappa shape index (κ2) is 4.51. The fourth-order valence-electron chi connectivity index (χ4n) is 1.74. The largest absolute Gasteiger partial charge is 0.385 e. The molecule has 1 atom stereocenters. The van der Waals surface area contributed by atoms with Crippen molar-refractivity contribution < 1.29 is 9.13 Å². The topological polar surface area (TPSA) is 47.6 Å². The highest BCUT2D eigenvalue weighted by atomic mass is 79.9. The zero-order valence-electron chi connectivity index (χ0n) is 8.62. The summed E-state index contributed by atoms with van der Waals surface area (Å²) in [6.07, 6.45) is 0. The van der Waals surface area contributed by atoms with Crippen LogP contribution in [0, 0.1) is 0 Å². The molecule has 5 heteroatoms. The van der Waals surface area contributed by atoms with Crippen molar-refractivity contribution in [2.45, 2.75) is 5.54 Å². The van der Waals surface area contributed by atoms with Crippen LogP contribution in [0.25, 0.3) is 0 Å². The Morgan fingerprint density at radius 1 is 1.56 bits per heavy atom. The Morgan fingerprint density at radius 2 is 2.38 bits per heavy atom. The van der Waals surface area contributed by atoms with Crippen LogP contribution >= 0.6 is 15.9 Å². The van der Waals surface area contributed by atoms with Crippen molar-refractivity contribution in [1.82, 2.24) is 0 Å². The van der Waals surface area contributed by atoms with E-state index in [0.29, 0.717) is 5.84 Å². The molecule has 3 nitrogen and oxygen atoms in total. The molecule has 2 N–H and O–H groups in total. The standard InChI is InChI=1S/C11H12BrFN2O/c12-9-3-1-2-8(4-9)11(6-13)7-16-5-10(14)15-11/h1-4H,5-7H2,(H2,14,15). The van der Waals surface area contributed by atoms with Crippen LogP contribution in [0.1, 0.15) is 5.56 Å². The first-order chi connectivity index (χ1) is 7.66. The molecule has 0 aliphatic carbocycles. The molecule has 0 aromatic heterocycles. The number of ether oxygens (including phenoxy) is 1. The SMILES string of the molecule is NC1=NC(CF)(c2cccc(Br)c2)COC1. The molecule has 0 fully saturated rings. The molecule has 1 aromatic rings. The molecular weight excluding hydrogens is 275 g/mol. The monoisotopic (exact) mass is 286 g/mol. The summed E-state index contributed by atoms with van der Waals surface area (Å²) in [5.41, 5.74) is 5.40. The van der Waals surface area contributed by atoms with Gasteiger partial charge in [0.25, 0.3) is 0 Å². The van der Waals surface area contributed by atoms with E-state index in [4.69, 9.17) is 10.5 Å². The van der Waals surface area contributed by atoms with E-state index in [1.807, 2.05) is 24.3 Å². The number of aliphatic imine (C=N–C) groups is 1. The normalized spacial score (nSPS) is 25.2. The Morgan fingerprint density at radius 3 is 3.00 bits per heavy atom. The van der Waals surface area contributed by atoms with Crippen molar-refractivity contribution in [3.8, 4) is 0 Å². The van der Waals surface area contributed by atoms with Gasteiger partial charge in [-0.3, -0.25) is 4.99 Å². The third-order valence-electron chi connectivity index (χ3n) is 2.53. The lowest BCUT2D eigenvalue weighted by molar-refractivity contribution is 0.0827. The molecule has 1 aromatic carbocycles. The van der Waals surface area contributed by atoms with E-state index in [1.165, 1.54) is 0 Å². The van der Waals surface area contributed by atoms with Gasteiger partial charge in [0.1, 0.15) is 24.7 Å². The second-order valence-corrected chi connectivity index (χ2v) is 4.69. The van der Waals surface area contributed by atoms with Crippen LogP contribution in [0.5, 0.6) is 0 Å². The van der Waals surface area contributed by atoms with Crippen LogP contribution in [0.4, 0.5) is 4.39 Å². The summed E-state index contributed by atoms with van der Waals surface area (Å²) < 4.78 is 19.4. The van der Waals surface area contributed by atoms with E-state index < -0.39 is 12.2 Å². The van der Waals surface area contributed by atoms with E-state index in [-0.39, 0.29) is 13.2 Å². The maximum absolute atomic E-state index is 13.3. The average molecular weight is 287 g/mol. The molecule has 1 aliphatic rings. The summed E-state index contributed by atoms with van der Waals surface area (Å²) in [7, 11) is 0. The van der Waals surface area contributed by atoms with Crippen LogP contribution < -0.4 is 5.73 Å². The van der Waals surface area contributed by atoms with Crippen molar-refractivity contribution in [2.24, 2.45) is 10.7 Å². The molecule has 0 saturated heterocycles. The molecule has 1 heterocycles. The van der Waals surface area contributed by atoms with Crippen LogP contribution in [0.2, 0.25) is 0 Å². The first-order valence-corrected chi connectivity index (χ1v) is 5.69. The number of nitrogens with two attached hydrogens (primary N) is 1. The van der Waals surface area contributed by atoms with E-state index in [9.17, 15) is 4.39 Å². The van der Waals surface area contributed by atoms with Gasteiger partial charge >= 0.3 is 0 Å². The maximum Gasteiger partial charge on any atom is 0.139 e. The third kappa shape index (κ3) is 2.10. The Bertz CT molecular complexity index is 424. The van der Waals surface area contributed by atoms with Crippen molar-refractivity contribution in [3.05, 3.63) is 34.3 Å². The smallest absolute Gasteiger partial charge is 0.139 e. The molecule has 1 unspecified atom stereocenters. The lowest BCUT2D eigenvalue weighted by Crippen LogP contribution is -2.41. The van der Waals surface area contributed by atoms with E-state index in [0.717, 1.165) is 10.0 Å². The van der Waals surface area contributed by atoms with Gasteiger partial charge in [0.2, 0.25) is 0 Å². The zero-order valence-corrected chi connectivity index (χ0v) is 10.2. The van der Waals surface area contributed by atoms with Gasteiger partial charge in [-0.15, -0.1) is 0 Å². The minimum Gasteiger partial charge on any atom is -0.385 e. The number of hydrogen-bond acceptors (Lipinski definition) is 3.